The third-order valence-electron chi connectivity index (χ3n) is 5.63. The number of fused-ring (bicyclic) bond motifs is 1. The average molecular weight is 392 g/mol. The van der Waals surface area contributed by atoms with Crippen LogP contribution in [-0.4, -0.2) is 27.1 Å². The molecule has 2 aromatic carbocycles. The molecule has 1 aromatic heterocycles. The summed E-state index contributed by atoms with van der Waals surface area (Å²) in [5.74, 6) is -0.181. The lowest BCUT2D eigenvalue weighted by Crippen LogP contribution is -2.49. The van der Waals surface area contributed by atoms with Crippen LogP contribution < -0.4 is 16.7 Å². The van der Waals surface area contributed by atoms with Crippen LogP contribution in [-0.2, 0) is 17.8 Å². The van der Waals surface area contributed by atoms with Crippen molar-refractivity contribution >= 4 is 23.0 Å². The van der Waals surface area contributed by atoms with E-state index in [1.54, 1.807) is 16.7 Å². The van der Waals surface area contributed by atoms with Gasteiger partial charge in [0.15, 0.2) is 0 Å². The van der Waals surface area contributed by atoms with Crippen LogP contribution in [0, 0.1) is 5.92 Å². The maximum absolute atomic E-state index is 13.1. The van der Waals surface area contributed by atoms with Crippen molar-refractivity contribution in [1.82, 2.24) is 14.5 Å². The molecule has 0 unspecified atom stereocenters. The van der Waals surface area contributed by atoms with Crippen LogP contribution in [0.1, 0.15) is 24.8 Å². The molecule has 1 fully saturated rings. The fraction of sp³-hybridized carbons (Fsp3) is 0.318. The minimum Gasteiger partial charge on any atom is -0.368 e. The highest BCUT2D eigenvalue weighted by Gasteiger charge is 2.26. The van der Waals surface area contributed by atoms with Gasteiger partial charge in [-0.25, -0.2) is 14.2 Å². The minimum atomic E-state index is -0.912. The molecular formula is C22H24N4O3. The molecule has 150 valence electrons. The smallest absolute Gasteiger partial charge is 0.337 e. The zero-order valence-corrected chi connectivity index (χ0v) is 16.1. The summed E-state index contributed by atoms with van der Waals surface area (Å²) in [4.78, 5) is 38.0. The lowest BCUT2D eigenvalue weighted by atomic mass is 9.85. The molecule has 7 heteroatoms. The summed E-state index contributed by atoms with van der Waals surface area (Å²) < 4.78 is 2.77. The van der Waals surface area contributed by atoms with Gasteiger partial charge < -0.3 is 11.1 Å². The van der Waals surface area contributed by atoms with E-state index in [-0.39, 0.29) is 6.42 Å². The Morgan fingerprint density at radius 2 is 1.69 bits per heavy atom. The average Bonchev–Trinajstić information content (AvgIpc) is 2.96. The molecule has 1 saturated carbocycles. The van der Waals surface area contributed by atoms with Gasteiger partial charge in [0.25, 0.3) is 0 Å². The molecule has 0 bridgehead atoms. The molecule has 1 aliphatic carbocycles. The molecule has 3 aromatic rings. The number of hydrogen-bond acceptors (Lipinski definition) is 3. The number of carbonyl (C=O) groups excluding carboxylic acids is 2. The predicted octanol–water partition coefficient (Wildman–Crippen LogP) is 2.26. The van der Waals surface area contributed by atoms with E-state index in [2.05, 4.69) is 5.32 Å². The fourth-order valence-corrected chi connectivity index (χ4v) is 3.80. The largest absolute Gasteiger partial charge is 0.368 e. The van der Waals surface area contributed by atoms with Gasteiger partial charge in [0.2, 0.25) is 5.91 Å². The summed E-state index contributed by atoms with van der Waals surface area (Å²) in [6.45, 7) is 0.600. The van der Waals surface area contributed by atoms with Crippen LogP contribution in [0.3, 0.4) is 0 Å². The second kappa shape index (κ2) is 7.95. The highest BCUT2D eigenvalue weighted by atomic mass is 16.2. The van der Waals surface area contributed by atoms with E-state index in [4.69, 9.17) is 5.73 Å². The summed E-state index contributed by atoms with van der Waals surface area (Å²) in [6, 6.07) is 15.0. The van der Waals surface area contributed by atoms with E-state index >= 15 is 0 Å². The van der Waals surface area contributed by atoms with Gasteiger partial charge in [0.05, 0.1) is 11.0 Å². The molecule has 1 aliphatic rings. The molecule has 4 rings (SSSR count). The highest BCUT2D eigenvalue weighted by Crippen LogP contribution is 2.28. The van der Waals surface area contributed by atoms with Crippen molar-refractivity contribution in [3.05, 3.63) is 70.6 Å². The molecule has 3 N–H and O–H groups in total. The van der Waals surface area contributed by atoms with E-state index in [1.165, 1.54) is 6.42 Å². The fourth-order valence-electron chi connectivity index (χ4n) is 3.80. The van der Waals surface area contributed by atoms with Crippen molar-refractivity contribution in [2.24, 2.45) is 11.7 Å². The highest BCUT2D eigenvalue weighted by molar-refractivity contribution is 5.92. The molecule has 2 amide bonds. The van der Waals surface area contributed by atoms with Crippen molar-refractivity contribution in [3.8, 4) is 0 Å². The van der Waals surface area contributed by atoms with Crippen LogP contribution in [0.2, 0.25) is 0 Å². The number of para-hydroxylation sites is 2. The van der Waals surface area contributed by atoms with Crippen LogP contribution in [0.25, 0.3) is 11.0 Å². The maximum Gasteiger partial charge on any atom is 0.337 e. The first-order chi connectivity index (χ1) is 14.0. The Kier molecular flexibility index (Phi) is 5.20. The third kappa shape index (κ3) is 3.81. The monoisotopic (exact) mass is 392 g/mol. The van der Waals surface area contributed by atoms with Gasteiger partial charge in [0.1, 0.15) is 6.04 Å². The Balaban J connectivity index is 1.64. The maximum atomic E-state index is 13.1. The number of carbonyl (C=O) groups is 2. The van der Waals surface area contributed by atoms with Crippen molar-refractivity contribution in [1.29, 1.82) is 0 Å². The number of hydrogen-bond donors (Lipinski definition) is 2. The standard InChI is InChI=1S/C22H24N4O3/c23-20(27)17(13-15-7-2-1-3-8-15)24-21(28)26-19-12-5-4-11-18(19)25(22(26)29)14-16-9-6-10-16/h1-5,7-8,11-12,16-17H,6,9-10,13-14H2,(H2,23,27)(H,24,28)/t17-/m0/s1. The zero-order chi connectivity index (χ0) is 20.4. The van der Waals surface area contributed by atoms with Gasteiger partial charge in [-0.2, -0.15) is 0 Å². The number of imidazole rings is 1. The van der Waals surface area contributed by atoms with Crippen molar-refractivity contribution in [2.45, 2.75) is 38.3 Å². The van der Waals surface area contributed by atoms with Crippen molar-refractivity contribution in [3.63, 3.8) is 0 Å². The lowest BCUT2D eigenvalue weighted by molar-refractivity contribution is -0.119. The SMILES string of the molecule is NC(=O)[C@H](Cc1ccccc1)NC(=O)n1c(=O)n(CC2CCC2)c2ccccc21. The predicted molar refractivity (Wildman–Crippen MR) is 111 cm³/mol. The molecule has 0 radical (unpaired) electrons. The molecule has 1 atom stereocenters. The number of amides is 2. The minimum absolute atomic E-state index is 0.261. The quantitative estimate of drug-likeness (QED) is 0.673. The molecule has 1 heterocycles. The first kappa shape index (κ1) is 19.0. The van der Waals surface area contributed by atoms with Gasteiger partial charge in [-0.3, -0.25) is 9.36 Å². The van der Waals surface area contributed by atoms with Gasteiger partial charge in [-0.15, -0.1) is 0 Å². The van der Waals surface area contributed by atoms with Gasteiger partial charge in [-0.1, -0.05) is 48.9 Å². The second-order valence-electron chi connectivity index (χ2n) is 7.61. The Bertz CT molecular complexity index is 1100. The first-order valence-corrected chi connectivity index (χ1v) is 9.89. The van der Waals surface area contributed by atoms with E-state index in [9.17, 15) is 14.4 Å². The summed E-state index contributed by atoms with van der Waals surface area (Å²) in [7, 11) is 0. The normalized spacial score (nSPS) is 15.0. The number of nitrogens with one attached hydrogen (secondary N) is 1. The number of primary amides is 1. The summed E-state index contributed by atoms with van der Waals surface area (Å²) in [5, 5.41) is 2.64. The van der Waals surface area contributed by atoms with Gasteiger partial charge in [-0.05, 0) is 36.5 Å². The summed E-state index contributed by atoms with van der Waals surface area (Å²) in [6.07, 6.45) is 3.63. The van der Waals surface area contributed by atoms with E-state index < -0.39 is 23.7 Å². The van der Waals surface area contributed by atoms with Gasteiger partial charge >= 0.3 is 11.7 Å². The van der Waals surface area contributed by atoms with Crippen molar-refractivity contribution in [2.75, 3.05) is 0 Å². The molecule has 0 spiro atoms. The van der Waals surface area contributed by atoms with E-state index in [1.807, 2.05) is 42.5 Å². The summed E-state index contributed by atoms with van der Waals surface area (Å²) in [5.41, 5.74) is 7.24. The lowest BCUT2D eigenvalue weighted by Gasteiger charge is -2.25. The first-order valence-electron chi connectivity index (χ1n) is 9.89. The van der Waals surface area contributed by atoms with E-state index in [0.29, 0.717) is 18.0 Å². The van der Waals surface area contributed by atoms with Crippen LogP contribution >= 0.6 is 0 Å². The number of nitrogens with zero attached hydrogens (tertiary/aromatic N) is 2. The number of rotatable bonds is 6. The number of nitrogens with two attached hydrogens (primary N) is 1. The molecule has 7 nitrogen and oxygen atoms in total. The molecule has 0 aliphatic heterocycles. The Morgan fingerprint density at radius 1 is 1.03 bits per heavy atom. The van der Waals surface area contributed by atoms with Gasteiger partial charge in [0, 0.05) is 13.0 Å². The number of aromatic nitrogens is 2. The molecular weight excluding hydrogens is 368 g/mol. The van der Waals surface area contributed by atoms with Crippen LogP contribution in [0.4, 0.5) is 4.79 Å². The topological polar surface area (TPSA) is 99.1 Å². The van der Waals surface area contributed by atoms with Crippen molar-refractivity contribution < 1.29 is 9.59 Å². The summed E-state index contributed by atoms with van der Waals surface area (Å²) >= 11 is 0. The number of benzene rings is 2. The molecule has 0 saturated heterocycles. The Morgan fingerprint density at radius 3 is 2.31 bits per heavy atom. The van der Waals surface area contributed by atoms with E-state index in [0.717, 1.165) is 28.5 Å². The third-order valence-corrected chi connectivity index (χ3v) is 5.63. The second-order valence-corrected chi connectivity index (χ2v) is 7.61. The zero-order valence-electron chi connectivity index (χ0n) is 16.1. The van der Waals surface area contributed by atoms with Crippen LogP contribution in [0.15, 0.2) is 59.4 Å². The molecule has 29 heavy (non-hydrogen) atoms. The Labute approximate surface area is 168 Å². The Hall–Kier alpha value is -3.35. The van der Waals surface area contributed by atoms with Crippen LogP contribution in [0.5, 0.6) is 0 Å².